The summed E-state index contributed by atoms with van der Waals surface area (Å²) >= 11 is 0. The van der Waals surface area contributed by atoms with E-state index in [4.69, 9.17) is 19.3 Å². The summed E-state index contributed by atoms with van der Waals surface area (Å²) in [7, 11) is 2.85. The van der Waals surface area contributed by atoms with E-state index in [1.54, 1.807) is 13.8 Å². The van der Waals surface area contributed by atoms with Gasteiger partial charge in [-0.1, -0.05) is 6.07 Å². The summed E-state index contributed by atoms with van der Waals surface area (Å²) in [5.74, 6) is -1.23. The molecule has 1 amide bonds. The highest BCUT2D eigenvalue weighted by atomic mass is 16.6. The van der Waals surface area contributed by atoms with E-state index in [1.165, 1.54) is 36.5 Å². The van der Waals surface area contributed by atoms with Gasteiger partial charge in [-0.05, 0) is 74.6 Å². The van der Waals surface area contributed by atoms with Gasteiger partial charge in [-0.2, -0.15) is 0 Å². The molecule has 1 aromatic carbocycles. The number of aliphatic hydroxyl groups is 1. The number of nitrogens with one attached hydrogen (secondary N) is 1. The molecule has 10 nitrogen and oxygen atoms in total. The maximum atomic E-state index is 12.4. The molecule has 0 spiro atoms. The Labute approximate surface area is 206 Å². The van der Waals surface area contributed by atoms with Crippen LogP contribution in [0.5, 0.6) is 0 Å². The first-order valence-electron chi connectivity index (χ1n) is 12.0. The van der Waals surface area contributed by atoms with Crippen molar-refractivity contribution in [3.8, 4) is 0 Å². The minimum absolute atomic E-state index is 0.0150. The third-order valence-corrected chi connectivity index (χ3v) is 5.70. The van der Waals surface area contributed by atoms with Gasteiger partial charge in [0.05, 0.1) is 32.1 Å². The van der Waals surface area contributed by atoms with Crippen LogP contribution in [-0.4, -0.2) is 76.0 Å². The summed E-state index contributed by atoms with van der Waals surface area (Å²) in [6, 6.07) is 2.30. The molecular formula is C25H37NO9. The summed E-state index contributed by atoms with van der Waals surface area (Å²) in [5.41, 5.74) is 5.99. The second kappa shape index (κ2) is 14.7. The number of hydrogen-bond acceptors (Lipinski definition) is 9. The molecule has 10 heteroatoms. The Kier molecular flexibility index (Phi) is 11.9. The Bertz CT molecular complexity index is 839. The van der Waals surface area contributed by atoms with Gasteiger partial charge in [0.2, 0.25) is 6.10 Å². The number of ether oxygens (including phenoxy) is 5. The Balaban J connectivity index is 0.000000367. The lowest BCUT2D eigenvalue weighted by atomic mass is 9.99. The Morgan fingerprint density at radius 3 is 1.94 bits per heavy atom. The van der Waals surface area contributed by atoms with Crippen LogP contribution in [0.2, 0.25) is 0 Å². The fraction of sp³-hybridized carbons (Fsp3) is 0.640. The van der Waals surface area contributed by atoms with Crippen molar-refractivity contribution in [1.82, 2.24) is 0 Å². The van der Waals surface area contributed by atoms with Crippen LogP contribution in [0, 0.1) is 0 Å². The lowest BCUT2D eigenvalue weighted by Crippen LogP contribution is -2.35. The van der Waals surface area contributed by atoms with Crippen molar-refractivity contribution in [3.05, 3.63) is 28.3 Å². The molecule has 0 saturated heterocycles. The molecule has 0 bridgehead atoms. The highest BCUT2D eigenvalue weighted by Gasteiger charge is 2.28. The number of aryl methyl sites for hydroxylation is 2. The van der Waals surface area contributed by atoms with E-state index in [0.29, 0.717) is 0 Å². The number of rotatable bonds is 10. The smallest absolute Gasteiger partial charge is 0.412 e. The lowest BCUT2D eigenvalue weighted by Gasteiger charge is -2.19. The van der Waals surface area contributed by atoms with Crippen molar-refractivity contribution >= 4 is 23.7 Å². The molecule has 0 aromatic heterocycles. The molecule has 1 aromatic rings. The van der Waals surface area contributed by atoms with Crippen molar-refractivity contribution in [2.24, 2.45) is 0 Å². The minimum atomic E-state index is -1.15. The molecule has 0 radical (unpaired) electrons. The van der Waals surface area contributed by atoms with Gasteiger partial charge in [0, 0.05) is 14.2 Å². The quantitative estimate of drug-likeness (QED) is 0.371. The molecular weight excluding hydrogens is 458 g/mol. The molecule has 0 heterocycles. The van der Waals surface area contributed by atoms with Gasteiger partial charge in [-0.15, -0.1) is 0 Å². The van der Waals surface area contributed by atoms with Gasteiger partial charge in [0.1, 0.15) is 0 Å². The molecule has 3 rings (SSSR count). The largest absolute Gasteiger partial charge is 0.464 e. The van der Waals surface area contributed by atoms with E-state index in [-0.39, 0.29) is 26.4 Å². The standard InChI is InChI=1S/C19H25NO5.C6H12O4/c1-3-24-18(21)16(11-23-2)25-19(22)20-17-14-8-4-6-12(14)10-13-7-5-9-15(13)17;1-3-10-6(8)5(7)4-9-2/h10,16H,3-9,11H2,1-2H3,(H,20,22);5,7H,3-4H2,1-2H3. The maximum Gasteiger partial charge on any atom is 0.412 e. The average Bonchev–Trinajstić information content (AvgIpc) is 3.49. The molecule has 0 saturated carbocycles. The predicted molar refractivity (Wildman–Crippen MR) is 127 cm³/mol. The molecule has 2 unspecified atom stereocenters. The third kappa shape index (κ3) is 8.19. The summed E-state index contributed by atoms with van der Waals surface area (Å²) in [4.78, 5) is 34.9. The van der Waals surface area contributed by atoms with E-state index < -0.39 is 30.2 Å². The molecule has 2 atom stereocenters. The number of carbonyl (C=O) groups excluding carboxylic acids is 3. The minimum Gasteiger partial charge on any atom is -0.464 e. The summed E-state index contributed by atoms with van der Waals surface area (Å²) < 4.78 is 24.2. The first-order chi connectivity index (χ1) is 16.9. The average molecular weight is 496 g/mol. The topological polar surface area (TPSA) is 130 Å². The van der Waals surface area contributed by atoms with Crippen LogP contribution < -0.4 is 5.32 Å². The van der Waals surface area contributed by atoms with E-state index in [2.05, 4.69) is 20.9 Å². The normalized spacial score (nSPS) is 15.1. The molecule has 2 aliphatic carbocycles. The van der Waals surface area contributed by atoms with Crippen LogP contribution in [0.1, 0.15) is 48.9 Å². The van der Waals surface area contributed by atoms with Gasteiger partial charge in [-0.25, -0.2) is 14.4 Å². The van der Waals surface area contributed by atoms with Crippen LogP contribution in [0.15, 0.2) is 6.07 Å². The van der Waals surface area contributed by atoms with Crippen molar-refractivity contribution in [2.45, 2.75) is 64.6 Å². The zero-order valence-electron chi connectivity index (χ0n) is 21.0. The monoisotopic (exact) mass is 495 g/mol. The van der Waals surface area contributed by atoms with Crippen LogP contribution in [0.3, 0.4) is 0 Å². The molecule has 0 fully saturated rings. The number of benzene rings is 1. The SMILES string of the molecule is CCOC(=O)C(COC)OC(=O)Nc1c2c(cc3c1CCC3)CCC2.CCOC(=O)C(O)COC. The Morgan fingerprint density at radius 1 is 0.886 bits per heavy atom. The summed E-state index contributed by atoms with van der Waals surface area (Å²) in [5, 5.41) is 11.8. The highest BCUT2D eigenvalue weighted by molar-refractivity contribution is 5.90. The zero-order valence-corrected chi connectivity index (χ0v) is 21.0. The van der Waals surface area contributed by atoms with Crippen molar-refractivity contribution in [2.75, 3.05) is 46.0 Å². The summed E-state index contributed by atoms with van der Waals surface area (Å²) in [6.07, 6.45) is 3.43. The number of methoxy groups -OCH3 is 2. The van der Waals surface area contributed by atoms with E-state index in [1.807, 2.05) is 0 Å². The molecule has 2 aliphatic rings. The fourth-order valence-electron chi connectivity index (χ4n) is 4.23. The van der Waals surface area contributed by atoms with Crippen molar-refractivity contribution in [3.63, 3.8) is 0 Å². The van der Waals surface area contributed by atoms with Gasteiger partial charge < -0.3 is 28.8 Å². The van der Waals surface area contributed by atoms with Crippen LogP contribution in [-0.2, 0) is 59.0 Å². The number of amides is 1. The number of hydrogen-bond donors (Lipinski definition) is 2. The molecule has 35 heavy (non-hydrogen) atoms. The predicted octanol–water partition coefficient (Wildman–Crippen LogP) is 2.35. The number of esters is 2. The first-order valence-corrected chi connectivity index (χ1v) is 12.0. The van der Waals surface area contributed by atoms with Gasteiger partial charge in [0.15, 0.2) is 6.10 Å². The maximum absolute atomic E-state index is 12.4. The number of aliphatic hydroxyl groups excluding tert-OH is 1. The van der Waals surface area contributed by atoms with E-state index in [9.17, 15) is 14.4 Å². The summed E-state index contributed by atoms with van der Waals surface area (Å²) in [6.45, 7) is 3.84. The Morgan fingerprint density at radius 2 is 1.43 bits per heavy atom. The van der Waals surface area contributed by atoms with Crippen LogP contribution in [0.4, 0.5) is 10.5 Å². The van der Waals surface area contributed by atoms with Crippen molar-refractivity contribution in [1.29, 1.82) is 0 Å². The molecule has 196 valence electrons. The van der Waals surface area contributed by atoms with Gasteiger partial charge in [0.25, 0.3) is 0 Å². The number of fused-ring (bicyclic) bond motifs is 2. The molecule has 2 N–H and O–H groups in total. The fourth-order valence-corrected chi connectivity index (χ4v) is 4.23. The second-order valence-corrected chi connectivity index (χ2v) is 8.18. The van der Waals surface area contributed by atoms with Gasteiger partial charge >= 0.3 is 18.0 Å². The second-order valence-electron chi connectivity index (χ2n) is 8.18. The van der Waals surface area contributed by atoms with Crippen LogP contribution in [0.25, 0.3) is 0 Å². The van der Waals surface area contributed by atoms with Crippen LogP contribution >= 0.6 is 0 Å². The highest BCUT2D eigenvalue weighted by Crippen LogP contribution is 2.38. The third-order valence-electron chi connectivity index (χ3n) is 5.70. The van der Waals surface area contributed by atoms with Gasteiger partial charge in [-0.3, -0.25) is 5.32 Å². The zero-order chi connectivity index (χ0) is 25.8. The number of anilines is 1. The first kappa shape index (κ1) is 28.5. The van der Waals surface area contributed by atoms with E-state index >= 15 is 0 Å². The molecule has 0 aliphatic heterocycles. The lowest BCUT2D eigenvalue weighted by molar-refractivity contribution is -0.156. The Hall–Kier alpha value is -2.69. The van der Waals surface area contributed by atoms with E-state index in [0.717, 1.165) is 44.2 Å². The van der Waals surface area contributed by atoms with Crippen molar-refractivity contribution < 1.29 is 43.2 Å². The number of carbonyl (C=O) groups is 3.